The molecule has 122 valence electrons. The Hall–Kier alpha value is 0.0900. The minimum absolute atomic E-state index is 0.234. The van der Waals surface area contributed by atoms with E-state index in [1.165, 1.54) is 25.0 Å². The van der Waals surface area contributed by atoms with Crippen molar-refractivity contribution >= 4 is 27.5 Å². The Morgan fingerprint density at radius 1 is 1.24 bits per heavy atom. The first-order valence-electron chi connectivity index (χ1n) is 8.20. The first kappa shape index (κ1) is 17.4. The quantitative estimate of drug-likeness (QED) is 0.544. The Bertz CT molecular complexity index is 303. The van der Waals surface area contributed by atoms with Crippen LogP contribution in [0.4, 0.5) is 0 Å². The van der Waals surface area contributed by atoms with Crippen LogP contribution in [0.2, 0.25) is 0 Å². The lowest BCUT2D eigenvalue weighted by Gasteiger charge is -2.32. The van der Waals surface area contributed by atoms with E-state index in [-0.39, 0.29) is 5.91 Å². The van der Waals surface area contributed by atoms with E-state index in [0.717, 1.165) is 50.9 Å². The van der Waals surface area contributed by atoms with Crippen molar-refractivity contribution in [2.75, 3.05) is 52.1 Å². The molecule has 2 aliphatic heterocycles. The monoisotopic (exact) mass is 331 g/mol. The summed E-state index contributed by atoms with van der Waals surface area (Å²) in [6, 6.07) is 0. The fourth-order valence-electron chi connectivity index (χ4n) is 2.74. The normalized spacial score (nSPS) is 24.3. The zero-order valence-corrected chi connectivity index (χ0v) is 14.8. The highest BCUT2D eigenvalue weighted by atomic mass is 33.1. The van der Waals surface area contributed by atoms with Gasteiger partial charge < -0.3 is 10.2 Å². The molecule has 21 heavy (non-hydrogen) atoms. The fourth-order valence-corrected chi connectivity index (χ4v) is 5.76. The van der Waals surface area contributed by atoms with Gasteiger partial charge >= 0.3 is 0 Å². The Morgan fingerprint density at radius 2 is 2.05 bits per heavy atom. The van der Waals surface area contributed by atoms with Gasteiger partial charge in [0.05, 0.1) is 0 Å². The lowest BCUT2D eigenvalue weighted by molar-refractivity contribution is -0.121. The molecule has 6 heteroatoms. The van der Waals surface area contributed by atoms with Gasteiger partial charge in [-0.2, -0.15) is 0 Å². The van der Waals surface area contributed by atoms with Gasteiger partial charge in [-0.15, -0.1) is 0 Å². The summed E-state index contributed by atoms with van der Waals surface area (Å²) in [6.07, 6.45) is 5.58. The second kappa shape index (κ2) is 9.98. The first-order valence-corrected chi connectivity index (χ1v) is 10.6. The molecule has 0 aliphatic carbocycles. The van der Waals surface area contributed by atoms with E-state index in [1.807, 2.05) is 21.6 Å². The number of likely N-dealkylation sites (N-methyl/N-ethyl adjacent to an activating group) is 1. The van der Waals surface area contributed by atoms with E-state index in [1.54, 1.807) is 0 Å². The van der Waals surface area contributed by atoms with Gasteiger partial charge in [-0.05, 0) is 26.3 Å². The van der Waals surface area contributed by atoms with Gasteiger partial charge in [0, 0.05) is 56.7 Å². The molecule has 2 fully saturated rings. The summed E-state index contributed by atoms with van der Waals surface area (Å²) in [7, 11) is 6.21. The molecule has 1 amide bonds. The number of nitrogens with zero attached hydrogens (tertiary/aromatic N) is 2. The molecule has 0 radical (unpaired) electrons. The van der Waals surface area contributed by atoms with Crippen LogP contribution in [0.15, 0.2) is 0 Å². The van der Waals surface area contributed by atoms with Crippen LogP contribution < -0.4 is 5.32 Å². The molecule has 0 bridgehead atoms. The molecule has 0 aromatic carbocycles. The van der Waals surface area contributed by atoms with E-state index in [4.69, 9.17) is 0 Å². The summed E-state index contributed by atoms with van der Waals surface area (Å²) in [5, 5.41) is 3.91. The number of hydrogen-bond donors (Lipinski definition) is 1. The van der Waals surface area contributed by atoms with Crippen molar-refractivity contribution in [3.8, 4) is 0 Å². The van der Waals surface area contributed by atoms with Crippen LogP contribution in [0.3, 0.4) is 0 Å². The number of nitrogens with one attached hydrogen (secondary N) is 1. The van der Waals surface area contributed by atoms with Crippen LogP contribution in [0.1, 0.15) is 32.1 Å². The average Bonchev–Trinajstić information content (AvgIpc) is 2.99. The number of rotatable bonds is 8. The van der Waals surface area contributed by atoms with Gasteiger partial charge in [-0.3, -0.25) is 9.69 Å². The fraction of sp³-hybridized carbons (Fsp3) is 0.933. The lowest BCUT2D eigenvalue weighted by Crippen LogP contribution is -2.46. The lowest BCUT2D eigenvalue weighted by atomic mass is 10.1. The predicted octanol–water partition coefficient (Wildman–Crippen LogP) is 2.06. The van der Waals surface area contributed by atoms with Gasteiger partial charge in [0.2, 0.25) is 5.91 Å². The molecule has 1 atom stereocenters. The zero-order valence-electron chi connectivity index (χ0n) is 13.2. The molecular weight excluding hydrogens is 302 g/mol. The summed E-state index contributed by atoms with van der Waals surface area (Å²) in [4.78, 5) is 16.6. The standard InChI is InChI=1S/C15H29N3OS2/c1-17-9-11-18(12-10-17)8-7-16-15(19)5-3-2-4-14-6-13-20-21-14/h14H,2-13H2,1H3,(H,16,19). The van der Waals surface area contributed by atoms with Crippen LogP contribution in [0.5, 0.6) is 0 Å². The number of carbonyl (C=O) groups excluding carboxylic acids is 1. The van der Waals surface area contributed by atoms with Gasteiger partial charge in [0.1, 0.15) is 0 Å². The number of piperazine rings is 1. The smallest absolute Gasteiger partial charge is 0.220 e. The Labute approximate surface area is 137 Å². The van der Waals surface area contributed by atoms with Crippen LogP contribution in [-0.4, -0.2) is 73.0 Å². The second-order valence-corrected chi connectivity index (χ2v) is 8.86. The summed E-state index contributed by atoms with van der Waals surface area (Å²) in [5.41, 5.74) is 0. The maximum atomic E-state index is 11.8. The number of amides is 1. The molecule has 1 unspecified atom stereocenters. The van der Waals surface area contributed by atoms with Crippen molar-refractivity contribution in [1.82, 2.24) is 15.1 Å². The maximum Gasteiger partial charge on any atom is 0.220 e. The maximum absolute atomic E-state index is 11.8. The first-order chi connectivity index (χ1) is 10.2. The second-order valence-electron chi connectivity index (χ2n) is 6.07. The Balaban J connectivity index is 1.42. The van der Waals surface area contributed by atoms with E-state index in [2.05, 4.69) is 22.2 Å². The third-order valence-corrected chi connectivity index (χ3v) is 7.26. The molecule has 2 heterocycles. The third-order valence-electron chi connectivity index (χ3n) is 4.25. The molecule has 2 saturated heterocycles. The van der Waals surface area contributed by atoms with Crippen molar-refractivity contribution in [3.05, 3.63) is 0 Å². The minimum Gasteiger partial charge on any atom is -0.355 e. The van der Waals surface area contributed by atoms with Crippen molar-refractivity contribution in [3.63, 3.8) is 0 Å². The van der Waals surface area contributed by atoms with Crippen LogP contribution in [-0.2, 0) is 4.79 Å². The molecule has 2 rings (SSSR count). The van der Waals surface area contributed by atoms with Crippen LogP contribution >= 0.6 is 21.6 Å². The third kappa shape index (κ3) is 7.26. The highest BCUT2D eigenvalue weighted by Crippen LogP contribution is 2.39. The highest BCUT2D eigenvalue weighted by molar-refractivity contribution is 8.77. The molecular formula is C15H29N3OS2. The van der Waals surface area contributed by atoms with Crippen molar-refractivity contribution < 1.29 is 4.79 Å². The molecule has 2 aliphatic rings. The summed E-state index contributed by atoms with van der Waals surface area (Å²) < 4.78 is 0. The summed E-state index contributed by atoms with van der Waals surface area (Å²) in [5.74, 6) is 1.54. The molecule has 0 spiro atoms. The minimum atomic E-state index is 0.234. The van der Waals surface area contributed by atoms with E-state index < -0.39 is 0 Å². The zero-order chi connectivity index (χ0) is 14.9. The van der Waals surface area contributed by atoms with Gasteiger partial charge in [0.25, 0.3) is 0 Å². The van der Waals surface area contributed by atoms with Gasteiger partial charge in [0.15, 0.2) is 0 Å². The van der Waals surface area contributed by atoms with Crippen LogP contribution in [0.25, 0.3) is 0 Å². The highest BCUT2D eigenvalue weighted by Gasteiger charge is 2.16. The average molecular weight is 332 g/mol. The largest absolute Gasteiger partial charge is 0.355 e. The number of unbranched alkanes of at least 4 members (excludes halogenated alkanes) is 1. The molecule has 0 aromatic rings. The SMILES string of the molecule is CN1CCN(CCNC(=O)CCCCC2CCSS2)CC1. The summed E-state index contributed by atoms with van der Waals surface area (Å²) in [6.45, 7) is 6.34. The topological polar surface area (TPSA) is 35.6 Å². The molecule has 0 saturated carbocycles. The molecule has 4 nitrogen and oxygen atoms in total. The predicted molar refractivity (Wildman–Crippen MR) is 93.9 cm³/mol. The van der Waals surface area contributed by atoms with Gasteiger partial charge in [-0.1, -0.05) is 28.0 Å². The van der Waals surface area contributed by atoms with Crippen LogP contribution in [0, 0.1) is 0 Å². The number of carbonyl (C=O) groups is 1. The van der Waals surface area contributed by atoms with Crippen molar-refractivity contribution in [1.29, 1.82) is 0 Å². The van der Waals surface area contributed by atoms with Gasteiger partial charge in [-0.25, -0.2) is 0 Å². The molecule has 1 N–H and O–H groups in total. The molecule has 0 aromatic heterocycles. The summed E-state index contributed by atoms with van der Waals surface area (Å²) >= 11 is 0. The van der Waals surface area contributed by atoms with E-state index >= 15 is 0 Å². The Morgan fingerprint density at radius 3 is 2.76 bits per heavy atom. The van der Waals surface area contributed by atoms with Crippen molar-refractivity contribution in [2.24, 2.45) is 0 Å². The van der Waals surface area contributed by atoms with Crippen molar-refractivity contribution in [2.45, 2.75) is 37.4 Å². The number of hydrogen-bond acceptors (Lipinski definition) is 5. The van der Waals surface area contributed by atoms with E-state index in [9.17, 15) is 4.79 Å². The Kier molecular flexibility index (Phi) is 8.29. The van der Waals surface area contributed by atoms with E-state index in [0.29, 0.717) is 6.42 Å².